The van der Waals surface area contributed by atoms with Gasteiger partial charge in [0.1, 0.15) is 6.61 Å². The number of esters is 1. The number of carbonyl (C=O) groups excluding carboxylic acids is 1. The Morgan fingerprint density at radius 2 is 0.921 bits per heavy atom. The molecule has 0 saturated carbocycles. The third kappa shape index (κ3) is 9.87. The molecular formula is C36H58O2. The normalized spacial score (nSPS) is 26.3. The maximum Gasteiger partial charge on any atom is 0.333 e. The molecule has 0 radical (unpaired) electrons. The minimum atomic E-state index is -0.261. The van der Waals surface area contributed by atoms with Gasteiger partial charge in [0.15, 0.2) is 0 Å². The van der Waals surface area contributed by atoms with Crippen molar-refractivity contribution in [3.63, 3.8) is 0 Å². The maximum atomic E-state index is 12.9. The number of hydrogen-bond donors (Lipinski definition) is 0. The van der Waals surface area contributed by atoms with Crippen LogP contribution in [0.5, 0.6) is 0 Å². The van der Waals surface area contributed by atoms with E-state index in [0.717, 1.165) is 38.5 Å². The second kappa shape index (κ2) is 17.9. The second-order valence-corrected chi connectivity index (χ2v) is 12.4. The van der Waals surface area contributed by atoms with Crippen LogP contribution in [-0.4, -0.2) is 12.6 Å². The van der Waals surface area contributed by atoms with Gasteiger partial charge in [-0.25, -0.2) is 4.79 Å². The number of allylic oxidation sites excluding steroid dienone is 3. The van der Waals surface area contributed by atoms with E-state index in [2.05, 4.69) is 24.8 Å². The molecule has 2 nitrogen and oxygen atoms in total. The van der Waals surface area contributed by atoms with Gasteiger partial charge in [-0.2, -0.15) is 0 Å². The smallest absolute Gasteiger partial charge is 0.333 e. The van der Waals surface area contributed by atoms with Crippen molar-refractivity contribution in [2.24, 2.45) is 5.41 Å². The Bertz CT molecular complexity index is 728. The SMILES string of the molecule is C=C(C)C(=O)OCC(/C1=C/CCCCCCCC1)(/C1=C/CCCCCCCC1)/C1=C/CCCCCCCC1. The van der Waals surface area contributed by atoms with E-state index in [1.54, 1.807) is 23.6 Å². The summed E-state index contributed by atoms with van der Waals surface area (Å²) in [6, 6.07) is 0. The summed E-state index contributed by atoms with van der Waals surface area (Å²) < 4.78 is 6.25. The summed E-state index contributed by atoms with van der Waals surface area (Å²) in [7, 11) is 0. The summed E-state index contributed by atoms with van der Waals surface area (Å²) in [5.41, 5.74) is 4.96. The van der Waals surface area contributed by atoms with Crippen LogP contribution in [-0.2, 0) is 9.53 Å². The molecule has 0 saturated heterocycles. The summed E-state index contributed by atoms with van der Waals surface area (Å²) in [6.07, 6.45) is 38.5. The molecule has 0 heterocycles. The van der Waals surface area contributed by atoms with Gasteiger partial charge in [-0.15, -0.1) is 0 Å². The van der Waals surface area contributed by atoms with Crippen LogP contribution in [0.4, 0.5) is 0 Å². The monoisotopic (exact) mass is 522 g/mol. The summed E-state index contributed by atoms with van der Waals surface area (Å²) in [6.45, 7) is 6.18. The summed E-state index contributed by atoms with van der Waals surface area (Å²) in [4.78, 5) is 12.9. The van der Waals surface area contributed by atoms with Crippen LogP contribution in [0.3, 0.4) is 0 Å². The molecule has 0 amide bonds. The molecule has 0 aliphatic heterocycles. The Kier molecular flexibility index (Phi) is 14.6. The van der Waals surface area contributed by atoms with E-state index < -0.39 is 0 Å². The van der Waals surface area contributed by atoms with Crippen LogP contribution in [0.15, 0.2) is 47.1 Å². The lowest BCUT2D eigenvalue weighted by Crippen LogP contribution is -2.36. The first-order chi connectivity index (χ1) is 18.6. The van der Waals surface area contributed by atoms with Crippen molar-refractivity contribution in [2.75, 3.05) is 6.61 Å². The fourth-order valence-corrected chi connectivity index (χ4v) is 6.99. The van der Waals surface area contributed by atoms with Crippen molar-refractivity contribution >= 4 is 5.97 Å². The molecule has 0 aromatic carbocycles. The van der Waals surface area contributed by atoms with Crippen LogP contribution >= 0.6 is 0 Å². The predicted octanol–water partition coefficient (Wildman–Crippen LogP) is 11.3. The van der Waals surface area contributed by atoms with Crippen LogP contribution in [0.1, 0.15) is 161 Å². The standard InChI is InChI=1S/C36H58O2/c1-31(2)35(37)38-30-36(32-24-18-12-6-3-7-13-19-25-32,33-26-20-14-8-4-9-15-21-27-33)34-28-22-16-10-5-11-17-23-29-34/h24,26,28H,1,3-23,25,27,29-30H2,2H3/b32-24+,33-26+,34-28+. The van der Waals surface area contributed by atoms with E-state index in [1.807, 2.05) is 0 Å². The molecule has 38 heavy (non-hydrogen) atoms. The van der Waals surface area contributed by atoms with E-state index in [9.17, 15) is 4.79 Å². The van der Waals surface area contributed by atoms with Gasteiger partial charge in [0, 0.05) is 5.57 Å². The molecule has 0 fully saturated rings. The van der Waals surface area contributed by atoms with Gasteiger partial charge in [0.2, 0.25) is 0 Å². The van der Waals surface area contributed by atoms with E-state index in [0.29, 0.717) is 12.2 Å². The summed E-state index contributed by atoms with van der Waals surface area (Å²) in [5, 5.41) is 0. The molecule has 2 heteroatoms. The second-order valence-electron chi connectivity index (χ2n) is 12.4. The highest BCUT2D eigenvalue weighted by atomic mass is 16.5. The average Bonchev–Trinajstić information content (AvgIpc) is 2.94. The molecule has 0 aromatic heterocycles. The Balaban J connectivity index is 2.15. The van der Waals surface area contributed by atoms with Crippen molar-refractivity contribution < 1.29 is 9.53 Å². The van der Waals surface area contributed by atoms with E-state index in [1.165, 1.54) is 116 Å². The first-order valence-electron chi connectivity index (χ1n) is 16.6. The molecule has 0 unspecified atom stereocenters. The fraction of sp³-hybridized carbons (Fsp3) is 0.750. The Morgan fingerprint density at radius 3 is 1.26 bits per heavy atom. The number of rotatable bonds is 6. The van der Waals surface area contributed by atoms with Gasteiger partial charge < -0.3 is 4.74 Å². The Hall–Kier alpha value is -1.57. The third-order valence-electron chi connectivity index (χ3n) is 9.29. The van der Waals surface area contributed by atoms with Crippen molar-refractivity contribution in [1.82, 2.24) is 0 Å². The number of carbonyl (C=O) groups is 1. The fourth-order valence-electron chi connectivity index (χ4n) is 6.99. The van der Waals surface area contributed by atoms with E-state index >= 15 is 0 Å². The Morgan fingerprint density at radius 1 is 0.605 bits per heavy atom. The predicted molar refractivity (Wildman–Crippen MR) is 163 cm³/mol. The molecule has 214 valence electrons. The molecular weight excluding hydrogens is 464 g/mol. The zero-order valence-electron chi connectivity index (χ0n) is 24.9. The summed E-state index contributed by atoms with van der Waals surface area (Å²) in [5.74, 6) is -0.226. The summed E-state index contributed by atoms with van der Waals surface area (Å²) >= 11 is 0. The highest BCUT2D eigenvalue weighted by Gasteiger charge is 2.42. The van der Waals surface area contributed by atoms with E-state index in [4.69, 9.17) is 4.74 Å². The lowest BCUT2D eigenvalue weighted by atomic mass is 9.63. The third-order valence-corrected chi connectivity index (χ3v) is 9.29. The van der Waals surface area contributed by atoms with Crippen molar-refractivity contribution in [3.8, 4) is 0 Å². The van der Waals surface area contributed by atoms with Gasteiger partial charge >= 0.3 is 5.97 Å². The molecule has 0 N–H and O–H groups in total. The van der Waals surface area contributed by atoms with Gasteiger partial charge in [0.25, 0.3) is 0 Å². The topological polar surface area (TPSA) is 26.3 Å². The van der Waals surface area contributed by atoms with Gasteiger partial charge in [0.05, 0.1) is 5.41 Å². The number of ether oxygens (including phenoxy) is 1. The van der Waals surface area contributed by atoms with Crippen molar-refractivity contribution in [1.29, 1.82) is 0 Å². The molecule has 0 bridgehead atoms. The van der Waals surface area contributed by atoms with Crippen molar-refractivity contribution in [3.05, 3.63) is 47.1 Å². The molecule has 0 spiro atoms. The minimum Gasteiger partial charge on any atom is -0.461 e. The van der Waals surface area contributed by atoms with Crippen LogP contribution < -0.4 is 0 Å². The largest absolute Gasteiger partial charge is 0.461 e. The van der Waals surface area contributed by atoms with Gasteiger partial charge in [-0.05, 0) is 84.0 Å². The van der Waals surface area contributed by atoms with Gasteiger partial charge in [-0.1, -0.05) is 119 Å². The quantitative estimate of drug-likeness (QED) is 0.197. The van der Waals surface area contributed by atoms with Crippen LogP contribution in [0, 0.1) is 5.41 Å². The minimum absolute atomic E-state index is 0.226. The molecule has 3 aliphatic rings. The van der Waals surface area contributed by atoms with Crippen molar-refractivity contribution in [2.45, 2.75) is 161 Å². The zero-order valence-corrected chi connectivity index (χ0v) is 24.9. The highest BCUT2D eigenvalue weighted by Crippen LogP contribution is 2.50. The maximum absolute atomic E-state index is 12.9. The van der Waals surface area contributed by atoms with Crippen LogP contribution in [0.25, 0.3) is 0 Å². The zero-order chi connectivity index (χ0) is 26.9. The lowest BCUT2D eigenvalue weighted by molar-refractivity contribution is -0.140. The Labute approximate surface area is 235 Å². The molecule has 0 aromatic rings. The lowest BCUT2D eigenvalue weighted by Gasteiger charge is -2.42. The average molecular weight is 523 g/mol. The van der Waals surface area contributed by atoms with Crippen LogP contribution in [0.2, 0.25) is 0 Å². The first kappa shape index (κ1) is 31.0. The molecule has 0 atom stereocenters. The highest BCUT2D eigenvalue weighted by molar-refractivity contribution is 5.87. The molecule has 3 rings (SSSR count). The van der Waals surface area contributed by atoms with E-state index in [-0.39, 0.29) is 11.4 Å². The van der Waals surface area contributed by atoms with Gasteiger partial charge in [-0.3, -0.25) is 0 Å². The number of hydrogen-bond acceptors (Lipinski definition) is 2. The molecule has 3 aliphatic carbocycles. The first-order valence-corrected chi connectivity index (χ1v) is 16.6.